The molecule has 2 N–H and O–H groups in total. The van der Waals surface area contributed by atoms with E-state index in [2.05, 4.69) is 15.1 Å². The minimum atomic E-state index is 0.227. The van der Waals surface area contributed by atoms with Crippen molar-refractivity contribution in [2.24, 2.45) is 13.0 Å². The van der Waals surface area contributed by atoms with Gasteiger partial charge in [0.25, 0.3) is 5.88 Å². The molecule has 1 aliphatic heterocycles. The van der Waals surface area contributed by atoms with E-state index in [1.807, 2.05) is 43.6 Å². The monoisotopic (exact) mass is 450 g/mol. The predicted molar refractivity (Wildman–Crippen MR) is 123 cm³/mol. The summed E-state index contributed by atoms with van der Waals surface area (Å²) in [5, 5.41) is 5.94. The number of hydrogen-bond donors (Lipinski definition) is 1. The summed E-state index contributed by atoms with van der Waals surface area (Å²) in [6.45, 7) is 2.09. The van der Waals surface area contributed by atoms with Gasteiger partial charge in [0.1, 0.15) is 17.1 Å². The molecule has 8 nitrogen and oxygen atoms in total. The molecule has 1 saturated heterocycles. The number of pyridine rings is 1. The van der Waals surface area contributed by atoms with Crippen LogP contribution >= 0.6 is 11.6 Å². The van der Waals surface area contributed by atoms with Gasteiger partial charge in [-0.15, -0.1) is 0 Å². The summed E-state index contributed by atoms with van der Waals surface area (Å²) >= 11 is 6.54. The molecule has 0 spiro atoms. The summed E-state index contributed by atoms with van der Waals surface area (Å²) in [4.78, 5) is 13.8. The first-order valence-corrected chi connectivity index (χ1v) is 10.9. The fourth-order valence-corrected chi connectivity index (χ4v) is 4.15. The van der Waals surface area contributed by atoms with Crippen LogP contribution in [0.3, 0.4) is 0 Å². The van der Waals surface area contributed by atoms with Gasteiger partial charge in [-0.05, 0) is 43.0 Å². The highest BCUT2D eigenvalue weighted by atomic mass is 35.5. The molecule has 3 aromatic heterocycles. The van der Waals surface area contributed by atoms with E-state index in [-0.39, 0.29) is 5.82 Å². The number of anilines is 1. The Labute approximate surface area is 190 Å². The van der Waals surface area contributed by atoms with Gasteiger partial charge in [-0.25, -0.2) is 9.97 Å². The normalized spacial score (nSPS) is 16.0. The summed E-state index contributed by atoms with van der Waals surface area (Å²) in [6, 6.07) is 9.53. The number of fused-ring (bicyclic) bond motifs is 1. The third kappa shape index (κ3) is 4.11. The van der Waals surface area contributed by atoms with Crippen molar-refractivity contribution >= 4 is 28.3 Å². The third-order valence-corrected chi connectivity index (χ3v) is 5.85. The maximum absolute atomic E-state index is 6.54. The van der Waals surface area contributed by atoms with Crippen LogP contribution in [0.5, 0.6) is 5.88 Å². The maximum atomic E-state index is 6.54. The van der Waals surface area contributed by atoms with Crippen LogP contribution in [0, 0.1) is 5.92 Å². The number of nitrogens with zero attached hydrogens (tertiary/aromatic N) is 5. The first-order valence-electron chi connectivity index (χ1n) is 10.5. The largest absolute Gasteiger partial charge is 0.475 e. The number of hydrogen-bond acceptors (Lipinski definition) is 7. The van der Waals surface area contributed by atoms with Crippen molar-refractivity contribution in [2.45, 2.75) is 12.8 Å². The summed E-state index contributed by atoms with van der Waals surface area (Å²) in [6.07, 6.45) is 5.50. The molecule has 32 heavy (non-hydrogen) atoms. The van der Waals surface area contributed by atoms with Crippen LogP contribution in [0.1, 0.15) is 12.8 Å². The molecule has 1 aliphatic rings. The van der Waals surface area contributed by atoms with Crippen molar-refractivity contribution in [3.63, 3.8) is 0 Å². The number of nitrogens with two attached hydrogens (primary N) is 1. The first-order chi connectivity index (χ1) is 15.6. The van der Waals surface area contributed by atoms with Crippen molar-refractivity contribution in [2.75, 3.05) is 25.6 Å². The minimum absolute atomic E-state index is 0.227. The summed E-state index contributed by atoms with van der Waals surface area (Å²) < 4.78 is 13.1. The second-order valence-corrected chi connectivity index (χ2v) is 8.29. The van der Waals surface area contributed by atoms with Crippen LogP contribution in [-0.2, 0) is 11.8 Å². The SMILES string of the molecule is Cn1ccc(-c2nc(N)c(OCCC3CCOC3)nc2-c2cc(Cl)c3ncccc3c2)n1. The zero-order valence-corrected chi connectivity index (χ0v) is 18.4. The maximum Gasteiger partial charge on any atom is 0.257 e. The molecule has 1 unspecified atom stereocenters. The number of aryl methyl sites for hydroxylation is 1. The van der Waals surface area contributed by atoms with Crippen molar-refractivity contribution in [1.29, 1.82) is 0 Å². The average Bonchev–Trinajstić information content (AvgIpc) is 3.46. The van der Waals surface area contributed by atoms with E-state index < -0.39 is 0 Å². The molecule has 9 heteroatoms. The van der Waals surface area contributed by atoms with Crippen LogP contribution in [0.15, 0.2) is 42.7 Å². The van der Waals surface area contributed by atoms with E-state index in [1.165, 1.54) is 0 Å². The summed E-state index contributed by atoms with van der Waals surface area (Å²) in [5.74, 6) is 1.04. The highest BCUT2D eigenvalue weighted by Gasteiger charge is 2.20. The number of aromatic nitrogens is 5. The highest BCUT2D eigenvalue weighted by Crippen LogP contribution is 2.36. The lowest BCUT2D eigenvalue weighted by Gasteiger charge is -2.14. The van der Waals surface area contributed by atoms with Gasteiger partial charge >= 0.3 is 0 Å². The van der Waals surface area contributed by atoms with Crippen LogP contribution in [-0.4, -0.2) is 44.6 Å². The fraction of sp³-hybridized carbons (Fsp3) is 0.304. The van der Waals surface area contributed by atoms with E-state index in [0.29, 0.717) is 40.5 Å². The molecule has 4 heterocycles. The van der Waals surface area contributed by atoms with Crippen LogP contribution in [0.25, 0.3) is 33.5 Å². The number of nitrogen functional groups attached to an aromatic ring is 1. The number of benzene rings is 1. The molecule has 1 atom stereocenters. The molecule has 0 saturated carbocycles. The van der Waals surface area contributed by atoms with Gasteiger partial charge in [-0.2, -0.15) is 5.10 Å². The Hall–Kier alpha value is -3.23. The van der Waals surface area contributed by atoms with Crippen molar-refractivity contribution in [3.05, 3.63) is 47.7 Å². The minimum Gasteiger partial charge on any atom is -0.475 e. The first kappa shape index (κ1) is 20.7. The van der Waals surface area contributed by atoms with Crippen LogP contribution in [0.2, 0.25) is 5.02 Å². The molecule has 1 aromatic carbocycles. The van der Waals surface area contributed by atoms with E-state index in [4.69, 9.17) is 31.8 Å². The molecule has 164 valence electrons. The second-order valence-electron chi connectivity index (χ2n) is 7.89. The summed E-state index contributed by atoms with van der Waals surface area (Å²) in [5.41, 5.74) is 9.59. The molecule has 0 amide bonds. The molecule has 0 bridgehead atoms. The topological polar surface area (TPSA) is 101 Å². The Balaban J connectivity index is 1.56. The van der Waals surface area contributed by atoms with Gasteiger partial charge < -0.3 is 15.2 Å². The predicted octanol–water partition coefficient (Wildman–Crippen LogP) is 4.13. The fourth-order valence-electron chi connectivity index (χ4n) is 3.88. The highest BCUT2D eigenvalue weighted by molar-refractivity contribution is 6.35. The van der Waals surface area contributed by atoms with Crippen molar-refractivity contribution < 1.29 is 9.47 Å². The van der Waals surface area contributed by atoms with Gasteiger partial charge in [-0.3, -0.25) is 9.67 Å². The van der Waals surface area contributed by atoms with Gasteiger partial charge in [0, 0.05) is 43.6 Å². The summed E-state index contributed by atoms with van der Waals surface area (Å²) in [7, 11) is 1.85. The van der Waals surface area contributed by atoms with Crippen LogP contribution in [0.4, 0.5) is 5.82 Å². The number of halogens is 1. The smallest absolute Gasteiger partial charge is 0.257 e. The van der Waals surface area contributed by atoms with Gasteiger partial charge in [0.05, 0.1) is 17.1 Å². The molecule has 0 aliphatic carbocycles. The van der Waals surface area contributed by atoms with E-state index >= 15 is 0 Å². The molecule has 5 rings (SSSR count). The Morgan fingerprint density at radius 2 is 2.16 bits per heavy atom. The molecule has 1 fully saturated rings. The second kappa shape index (κ2) is 8.72. The van der Waals surface area contributed by atoms with E-state index in [1.54, 1.807) is 10.9 Å². The van der Waals surface area contributed by atoms with Gasteiger partial charge in [-0.1, -0.05) is 17.7 Å². The van der Waals surface area contributed by atoms with Crippen molar-refractivity contribution in [1.82, 2.24) is 24.7 Å². The molecule has 4 aromatic rings. The number of rotatable bonds is 6. The standard InChI is InChI=1S/C23H23ClN6O2/c1-30-8-4-18(29-30)21-20(16-11-15-3-2-7-26-19(15)17(24)12-16)28-23(22(25)27-21)32-10-6-14-5-9-31-13-14/h2-4,7-8,11-12,14H,5-6,9-10,13H2,1H3,(H2,25,27). The Bertz CT molecular complexity index is 1270. The lowest BCUT2D eigenvalue weighted by molar-refractivity contribution is 0.177. The average molecular weight is 451 g/mol. The molecule has 0 radical (unpaired) electrons. The van der Waals surface area contributed by atoms with Crippen molar-refractivity contribution in [3.8, 4) is 28.5 Å². The van der Waals surface area contributed by atoms with E-state index in [9.17, 15) is 0 Å². The van der Waals surface area contributed by atoms with Crippen LogP contribution < -0.4 is 10.5 Å². The molecular weight excluding hydrogens is 428 g/mol. The number of ether oxygens (including phenoxy) is 2. The zero-order valence-electron chi connectivity index (χ0n) is 17.7. The van der Waals surface area contributed by atoms with Gasteiger partial charge in [0.2, 0.25) is 0 Å². The lowest BCUT2D eigenvalue weighted by atomic mass is 10.0. The Morgan fingerprint density at radius 1 is 1.25 bits per heavy atom. The quantitative estimate of drug-likeness (QED) is 0.471. The molecular formula is C23H23ClN6O2. The van der Waals surface area contributed by atoms with E-state index in [0.717, 1.165) is 42.5 Å². The zero-order chi connectivity index (χ0) is 22.1. The van der Waals surface area contributed by atoms with Gasteiger partial charge in [0.15, 0.2) is 5.82 Å². The third-order valence-electron chi connectivity index (χ3n) is 5.57. The Morgan fingerprint density at radius 3 is 2.94 bits per heavy atom. The lowest BCUT2D eigenvalue weighted by Crippen LogP contribution is -2.10. The Kier molecular flexibility index (Phi) is 5.63.